The van der Waals surface area contributed by atoms with Gasteiger partial charge in [-0.25, -0.2) is 4.79 Å². The molecule has 21 heavy (non-hydrogen) atoms. The summed E-state index contributed by atoms with van der Waals surface area (Å²) in [4.78, 5) is 13.9. The third kappa shape index (κ3) is 2.37. The second kappa shape index (κ2) is 4.48. The zero-order chi connectivity index (χ0) is 14.8. The molecule has 4 aliphatic rings. The molecule has 4 heteroatoms. The Morgan fingerprint density at radius 1 is 1.29 bits per heavy atom. The molecular weight excluding hydrogens is 264 g/mol. The molecule has 5 atom stereocenters. The lowest BCUT2D eigenvalue weighted by Crippen LogP contribution is -2.50. The number of piperidine rings is 1. The molecule has 0 aromatic rings. The molecule has 1 amide bonds. The third-order valence-corrected chi connectivity index (χ3v) is 5.61. The molecule has 5 unspecified atom stereocenters. The van der Waals surface area contributed by atoms with Crippen molar-refractivity contribution >= 4 is 6.09 Å². The Bertz CT molecular complexity index is 470. The molecule has 0 radical (unpaired) electrons. The van der Waals surface area contributed by atoms with Gasteiger partial charge in [-0.1, -0.05) is 12.2 Å². The van der Waals surface area contributed by atoms with Crippen LogP contribution >= 0.6 is 0 Å². The zero-order valence-corrected chi connectivity index (χ0v) is 13.2. The van der Waals surface area contributed by atoms with Crippen LogP contribution in [-0.2, 0) is 4.74 Å². The van der Waals surface area contributed by atoms with Crippen molar-refractivity contribution < 1.29 is 9.53 Å². The molecule has 1 N–H and O–H groups in total. The summed E-state index contributed by atoms with van der Waals surface area (Å²) in [6.07, 6.45) is 7.22. The van der Waals surface area contributed by atoms with Crippen molar-refractivity contribution in [2.45, 2.75) is 51.3 Å². The van der Waals surface area contributed by atoms with Gasteiger partial charge in [0.25, 0.3) is 0 Å². The van der Waals surface area contributed by atoms with Gasteiger partial charge in [-0.3, -0.25) is 0 Å². The van der Waals surface area contributed by atoms with Crippen LogP contribution in [0, 0.1) is 23.7 Å². The highest BCUT2D eigenvalue weighted by Crippen LogP contribution is 2.49. The van der Waals surface area contributed by atoms with E-state index in [1.807, 2.05) is 25.7 Å². The predicted octanol–water partition coefficient (Wildman–Crippen LogP) is 2.41. The highest BCUT2D eigenvalue weighted by atomic mass is 16.6. The van der Waals surface area contributed by atoms with Gasteiger partial charge < -0.3 is 15.0 Å². The lowest BCUT2D eigenvalue weighted by molar-refractivity contribution is 0.0265. The van der Waals surface area contributed by atoms with Gasteiger partial charge in [0.2, 0.25) is 0 Å². The SMILES string of the molecule is CC(C)(C)OC(=O)N1CC2C(C1)C2NC1CC2CC=CC21. The smallest absolute Gasteiger partial charge is 0.410 e. The first kappa shape index (κ1) is 13.6. The molecule has 4 nitrogen and oxygen atoms in total. The molecule has 2 saturated carbocycles. The number of allylic oxidation sites excluding steroid dienone is 1. The molecule has 0 bridgehead atoms. The molecule has 4 rings (SSSR count). The van der Waals surface area contributed by atoms with Gasteiger partial charge in [-0.05, 0) is 57.3 Å². The molecule has 1 saturated heterocycles. The maximum atomic E-state index is 12.0. The fourth-order valence-electron chi connectivity index (χ4n) is 4.40. The Kier molecular flexibility index (Phi) is 2.91. The van der Waals surface area contributed by atoms with Gasteiger partial charge in [-0.2, -0.15) is 0 Å². The molecule has 116 valence electrons. The molecule has 1 aliphatic heterocycles. The standard InChI is InChI=1S/C17H26N2O2/c1-17(2,3)21-16(20)19-8-12-13(9-19)15(12)18-14-7-10-5-4-6-11(10)14/h4,6,10-15,18H,5,7-9H2,1-3H3. The quantitative estimate of drug-likeness (QED) is 0.794. The molecule has 3 aliphatic carbocycles. The summed E-state index contributed by atoms with van der Waals surface area (Å²) in [6, 6.07) is 1.34. The monoisotopic (exact) mass is 290 g/mol. The maximum Gasteiger partial charge on any atom is 0.410 e. The van der Waals surface area contributed by atoms with Gasteiger partial charge in [0, 0.05) is 25.2 Å². The van der Waals surface area contributed by atoms with E-state index in [1.54, 1.807) is 0 Å². The van der Waals surface area contributed by atoms with Crippen LogP contribution in [0.1, 0.15) is 33.6 Å². The number of hydrogen-bond acceptors (Lipinski definition) is 3. The van der Waals surface area contributed by atoms with E-state index < -0.39 is 5.60 Å². The fraction of sp³-hybridized carbons (Fsp3) is 0.824. The summed E-state index contributed by atoms with van der Waals surface area (Å²) < 4.78 is 5.45. The topological polar surface area (TPSA) is 41.6 Å². The van der Waals surface area contributed by atoms with Crippen molar-refractivity contribution in [3.05, 3.63) is 12.2 Å². The second-order valence-corrected chi connectivity index (χ2v) is 8.25. The number of likely N-dealkylation sites (tertiary alicyclic amines) is 1. The fourth-order valence-corrected chi connectivity index (χ4v) is 4.40. The minimum absolute atomic E-state index is 0.143. The van der Waals surface area contributed by atoms with Crippen LogP contribution in [0.5, 0.6) is 0 Å². The lowest BCUT2D eigenvalue weighted by atomic mass is 9.71. The van der Waals surface area contributed by atoms with Gasteiger partial charge >= 0.3 is 6.09 Å². The van der Waals surface area contributed by atoms with Gasteiger partial charge in [0.1, 0.15) is 5.60 Å². The summed E-state index contributed by atoms with van der Waals surface area (Å²) in [5.74, 6) is 3.01. The molecule has 0 aromatic carbocycles. The number of carbonyl (C=O) groups excluding carboxylic acids is 1. The van der Waals surface area contributed by atoms with Crippen LogP contribution in [0.3, 0.4) is 0 Å². The van der Waals surface area contributed by atoms with Crippen molar-refractivity contribution in [1.82, 2.24) is 10.2 Å². The Labute approximate surface area is 126 Å². The number of nitrogens with zero attached hydrogens (tertiary/aromatic N) is 1. The summed E-state index contributed by atoms with van der Waals surface area (Å²) in [5, 5.41) is 3.84. The number of fused-ring (bicyclic) bond motifs is 2. The van der Waals surface area contributed by atoms with Crippen molar-refractivity contribution in [1.29, 1.82) is 0 Å². The Hall–Kier alpha value is -1.03. The summed E-state index contributed by atoms with van der Waals surface area (Å²) >= 11 is 0. The van der Waals surface area contributed by atoms with Gasteiger partial charge in [-0.15, -0.1) is 0 Å². The van der Waals surface area contributed by atoms with E-state index in [4.69, 9.17) is 4.74 Å². The minimum Gasteiger partial charge on any atom is -0.444 e. The number of rotatable bonds is 2. The van der Waals surface area contributed by atoms with Gasteiger partial charge in [0.05, 0.1) is 0 Å². The first-order valence-electron chi connectivity index (χ1n) is 8.33. The largest absolute Gasteiger partial charge is 0.444 e. The van der Waals surface area contributed by atoms with Crippen LogP contribution in [0.25, 0.3) is 0 Å². The Balaban J connectivity index is 1.25. The number of hydrogen-bond donors (Lipinski definition) is 1. The van der Waals surface area contributed by atoms with E-state index in [2.05, 4.69) is 17.5 Å². The van der Waals surface area contributed by atoms with E-state index in [0.717, 1.165) is 24.9 Å². The maximum absolute atomic E-state index is 12.0. The second-order valence-electron chi connectivity index (χ2n) is 8.25. The van der Waals surface area contributed by atoms with E-state index >= 15 is 0 Å². The van der Waals surface area contributed by atoms with Gasteiger partial charge in [0.15, 0.2) is 0 Å². The average Bonchev–Trinajstić information content (AvgIpc) is 2.76. The van der Waals surface area contributed by atoms with Crippen molar-refractivity contribution in [3.8, 4) is 0 Å². The van der Waals surface area contributed by atoms with Crippen LogP contribution in [0.2, 0.25) is 0 Å². The van der Waals surface area contributed by atoms with Crippen LogP contribution in [-0.4, -0.2) is 41.8 Å². The average molecular weight is 290 g/mol. The van der Waals surface area contributed by atoms with E-state index in [-0.39, 0.29) is 6.09 Å². The predicted molar refractivity (Wildman–Crippen MR) is 80.9 cm³/mol. The summed E-state index contributed by atoms with van der Waals surface area (Å²) in [6.45, 7) is 7.51. The Morgan fingerprint density at radius 3 is 2.62 bits per heavy atom. The molecule has 0 spiro atoms. The normalized spacial score (nSPS) is 43.3. The molecule has 1 heterocycles. The van der Waals surface area contributed by atoms with Crippen LogP contribution in [0.15, 0.2) is 12.2 Å². The van der Waals surface area contributed by atoms with Crippen molar-refractivity contribution in [3.63, 3.8) is 0 Å². The van der Waals surface area contributed by atoms with E-state index in [0.29, 0.717) is 23.9 Å². The number of ether oxygens (including phenoxy) is 1. The van der Waals surface area contributed by atoms with Crippen LogP contribution in [0.4, 0.5) is 4.79 Å². The number of carbonyl (C=O) groups is 1. The first-order chi connectivity index (χ1) is 9.92. The van der Waals surface area contributed by atoms with Crippen LogP contribution < -0.4 is 5.32 Å². The highest BCUT2D eigenvalue weighted by molar-refractivity contribution is 5.69. The first-order valence-corrected chi connectivity index (χ1v) is 8.33. The lowest BCUT2D eigenvalue weighted by Gasteiger charge is -2.41. The highest BCUT2D eigenvalue weighted by Gasteiger charge is 2.58. The summed E-state index contributed by atoms with van der Waals surface area (Å²) in [5.41, 5.74) is -0.392. The Morgan fingerprint density at radius 2 is 2.00 bits per heavy atom. The van der Waals surface area contributed by atoms with E-state index in [9.17, 15) is 4.79 Å². The summed E-state index contributed by atoms with van der Waals surface area (Å²) in [7, 11) is 0. The molecule has 3 fully saturated rings. The number of amides is 1. The zero-order valence-electron chi connectivity index (χ0n) is 13.2. The third-order valence-electron chi connectivity index (χ3n) is 5.61. The van der Waals surface area contributed by atoms with E-state index in [1.165, 1.54) is 12.8 Å². The minimum atomic E-state index is -0.392. The molecular formula is C17H26N2O2. The van der Waals surface area contributed by atoms with Crippen molar-refractivity contribution in [2.75, 3.05) is 13.1 Å². The van der Waals surface area contributed by atoms with Crippen molar-refractivity contribution in [2.24, 2.45) is 23.7 Å². The number of nitrogens with one attached hydrogen (secondary N) is 1. The molecule has 0 aromatic heterocycles.